The zero-order valence-corrected chi connectivity index (χ0v) is 12.1. The molecule has 1 fully saturated rings. The van der Waals surface area contributed by atoms with Gasteiger partial charge < -0.3 is 26.5 Å². The largest absolute Gasteiger partial charge is 0.399 e. The summed E-state index contributed by atoms with van der Waals surface area (Å²) in [5.74, 6) is 1.51. The summed E-state index contributed by atoms with van der Waals surface area (Å²) in [6.45, 7) is 2.72. The van der Waals surface area contributed by atoms with Crippen LogP contribution in [0, 0.1) is 5.41 Å². The highest BCUT2D eigenvalue weighted by molar-refractivity contribution is 5.91. The third-order valence-corrected chi connectivity index (χ3v) is 3.58. The second-order valence-corrected chi connectivity index (χ2v) is 5.04. The van der Waals surface area contributed by atoms with Gasteiger partial charge in [-0.05, 0) is 24.3 Å². The predicted octanol–water partition coefficient (Wildman–Crippen LogP) is 1.14. The maximum absolute atomic E-state index is 7.59. The van der Waals surface area contributed by atoms with E-state index in [0.29, 0.717) is 41.9 Å². The summed E-state index contributed by atoms with van der Waals surface area (Å²) in [7, 11) is 0. The summed E-state index contributed by atoms with van der Waals surface area (Å²) in [4.78, 5) is 11.0. The average Bonchev–Trinajstić information content (AvgIpc) is 2.55. The first kappa shape index (κ1) is 14.3. The molecule has 2 aromatic rings. The Morgan fingerprint density at radius 3 is 2.41 bits per heavy atom. The van der Waals surface area contributed by atoms with Crippen molar-refractivity contribution >= 4 is 23.5 Å². The van der Waals surface area contributed by atoms with Crippen LogP contribution in [0.4, 0.5) is 17.3 Å². The Hall–Kier alpha value is -2.67. The molecule has 22 heavy (non-hydrogen) atoms. The van der Waals surface area contributed by atoms with Gasteiger partial charge in [-0.25, -0.2) is 9.97 Å². The summed E-state index contributed by atoms with van der Waals surface area (Å²) < 4.78 is 5.37. The van der Waals surface area contributed by atoms with Gasteiger partial charge in [0.25, 0.3) is 0 Å². The molecule has 1 aromatic heterocycles. The van der Waals surface area contributed by atoms with Crippen LogP contribution in [0.25, 0.3) is 11.4 Å². The molecule has 7 heteroatoms. The standard InChI is InChI=1S/C15H18N6O/c16-9-12-13(18)19-14(10-1-3-11(17)4-2-10)20-15(12)21-5-7-22-8-6-21/h1-4,9,16H,5-8,17H2,(H2,18,19,20). The second-order valence-electron chi connectivity index (χ2n) is 5.04. The zero-order chi connectivity index (χ0) is 15.5. The highest BCUT2D eigenvalue weighted by atomic mass is 16.5. The van der Waals surface area contributed by atoms with Crippen molar-refractivity contribution in [1.82, 2.24) is 9.97 Å². The van der Waals surface area contributed by atoms with Crippen LogP contribution < -0.4 is 16.4 Å². The van der Waals surface area contributed by atoms with Gasteiger partial charge in [0.2, 0.25) is 0 Å². The number of aromatic nitrogens is 2. The molecule has 0 bridgehead atoms. The molecule has 5 N–H and O–H groups in total. The number of nitrogens with one attached hydrogen (secondary N) is 1. The smallest absolute Gasteiger partial charge is 0.163 e. The third-order valence-electron chi connectivity index (χ3n) is 3.58. The van der Waals surface area contributed by atoms with Crippen molar-refractivity contribution in [3.63, 3.8) is 0 Å². The second kappa shape index (κ2) is 5.98. The number of ether oxygens (including phenoxy) is 1. The normalized spacial score (nSPS) is 14.8. The van der Waals surface area contributed by atoms with Crippen LogP contribution in [0.1, 0.15) is 5.56 Å². The van der Waals surface area contributed by atoms with Gasteiger partial charge in [-0.15, -0.1) is 0 Å². The number of hydrogen-bond acceptors (Lipinski definition) is 7. The molecule has 0 spiro atoms. The van der Waals surface area contributed by atoms with Crippen LogP contribution in [-0.2, 0) is 4.74 Å². The van der Waals surface area contributed by atoms with Crippen LogP contribution in [0.3, 0.4) is 0 Å². The number of benzene rings is 1. The number of nitrogens with zero attached hydrogens (tertiary/aromatic N) is 3. The Morgan fingerprint density at radius 2 is 1.77 bits per heavy atom. The summed E-state index contributed by atoms with van der Waals surface area (Å²) >= 11 is 0. The van der Waals surface area contributed by atoms with Crippen LogP contribution >= 0.6 is 0 Å². The fraction of sp³-hybridized carbons (Fsp3) is 0.267. The Bertz CT molecular complexity index is 679. The van der Waals surface area contributed by atoms with E-state index in [9.17, 15) is 0 Å². The minimum atomic E-state index is 0.304. The fourth-order valence-electron chi connectivity index (χ4n) is 2.39. The third kappa shape index (κ3) is 2.71. The van der Waals surface area contributed by atoms with Crippen molar-refractivity contribution in [2.45, 2.75) is 0 Å². The quantitative estimate of drug-likeness (QED) is 0.578. The minimum Gasteiger partial charge on any atom is -0.399 e. The van der Waals surface area contributed by atoms with Crippen molar-refractivity contribution < 1.29 is 4.74 Å². The molecule has 7 nitrogen and oxygen atoms in total. The van der Waals surface area contributed by atoms with Crippen LogP contribution in [0.15, 0.2) is 24.3 Å². The molecule has 0 radical (unpaired) electrons. The first-order valence-corrected chi connectivity index (χ1v) is 7.05. The monoisotopic (exact) mass is 298 g/mol. The molecule has 1 aliphatic heterocycles. The lowest BCUT2D eigenvalue weighted by atomic mass is 10.2. The highest BCUT2D eigenvalue weighted by Gasteiger charge is 2.19. The van der Waals surface area contributed by atoms with E-state index in [1.54, 1.807) is 12.1 Å². The van der Waals surface area contributed by atoms with E-state index < -0.39 is 0 Å². The molecule has 0 aliphatic carbocycles. The van der Waals surface area contributed by atoms with Crippen molar-refractivity contribution in [3.8, 4) is 11.4 Å². The van der Waals surface area contributed by atoms with Crippen molar-refractivity contribution in [1.29, 1.82) is 5.41 Å². The van der Waals surface area contributed by atoms with Crippen molar-refractivity contribution in [3.05, 3.63) is 29.8 Å². The van der Waals surface area contributed by atoms with E-state index in [-0.39, 0.29) is 0 Å². The number of anilines is 3. The number of nitrogen functional groups attached to an aromatic ring is 2. The number of morpholine rings is 1. The molecule has 1 aliphatic rings. The van der Waals surface area contributed by atoms with E-state index in [1.807, 2.05) is 12.1 Å². The lowest BCUT2D eigenvalue weighted by Crippen LogP contribution is -2.37. The number of rotatable bonds is 3. The molecule has 0 atom stereocenters. The summed E-state index contributed by atoms with van der Waals surface area (Å²) in [6, 6.07) is 7.32. The molecular weight excluding hydrogens is 280 g/mol. The maximum Gasteiger partial charge on any atom is 0.163 e. The number of hydrogen-bond donors (Lipinski definition) is 3. The van der Waals surface area contributed by atoms with Crippen LogP contribution in [0.5, 0.6) is 0 Å². The minimum absolute atomic E-state index is 0.304. The Balaban J connectivity index is 2.07. The van der Waals surface area contributed by atoms with Gasteiger partial charge in [0.05, 0.1) is 18.8 Å². The molecule has 1 saturated heterocycles. The Labute approximate surface area is 128 Å². The first-order chi connectivity index (χ1) is 10.7. The van der Waals surface area contributed by atoms with Crippen molar-refractivity contribution in [2.75, 3.05) is 42.7 Å². The maximum atomic E-state index is 7.59. The summed E-state index contributed by atoms with van der Waals surface area (Å²) in [5.41, 5.74) is 13.8. The number of nitrogens with two attached hydrogens (primary N) is 2. The first-order valence-electron chi connectivity index (χ1n) is 7.05. The zero-order valence-electron chi connectivity index (χ0n) is 12.1. The van der Waals surface area contributed by atoms with Gasteiger partial charge >= 0.3 is 0 Å². The summed E-state index contributed by atoms with van der Waals surface area (Å²) in [6.07, 6.45) is 1.20. The fourth-order valence-corrected chi connectivity index (χ4v) is 2.39. The molecular formula is C15H18N6O. The van der Waals surface area contributed by atoms with E-state index in [1.165, 1.54) is 6.21 Å². The Kier molecular flexibility index (Phi) is 3.88. The van der Waals surface area contributed by atoms with Gasteiger partial charge in [-0.2, -0.15) is 0 Å². The molecule has 1 aromatic carbocycles. The molecule has 2 heterocycles. The van der Waals surface area contributed by atoms with Gasteiger partial charge in [0, 0.05) is 30.6 Å². The van der Waals surface area contributed by atoms with Crippen LogP contribution in [-0.4, -0.2) is 42.5 Å². The lowest BCUT2D eigenvalue weighted by molar-refractivity contribution is 0.122. The topological polar surface area (TPSA) is 114 Å². The Morgan fingerprint density at radius 1 is 1.09 bits per heavy atom. The molecule has 0 amide bonds. The molecule has 3 rings (SSSR count). The van der Waals surface area contributed by atoms with E-state index >= 15 is 0 Å². The van der Waals surface area contributed by atoms with Gasteiger partial charge in [-0.3, -0.25) is 0 Å². The van der Waals surface area contributed by atoms with Gasteiger partial charge in [0.1, 0.15) is 11.6 Å². The molecule has 0 unspecified atom stereocenters. The lowest BCUT2D eigenvalue weighted by Gasteiger charge is -2.29. The van der Waals surface area contributed by atoms with E-state index in [4.69, 9.17) is 21.6 Å². The average molecular weight is 298 g/mol. The van der Waals surface area contributed by atoms with E-state index in [0.717, 1.165) is 18.7 Å². The van der Waals surface area contributed by atoms with Gasteiger partial charge in [-0.1, -0.05) is 0 Å². The predicted molar refractivity (Wildman–Crippen MR) is 87.2 cm³/mol. The molecule has 114 valence electrons. The highest BCUT2D eigenvalue weighted by Crippen LogP contribution is 2.26. The summed E-state index contributed by atoms with van der Waals surface area (Å²) in [5, 5.41) is 7.59. The van der Waals surface area contributed by atoms with Crippen LogP contribution in [0.2, 0.25) is 0 Å². The molecule has 0 saturated carbocycles. The van der Waals surface area contributed by atoms with E-state index in [2.05, 4.69) is 14.9 Å². The SMILES string of the molecule is N=Cc1c(N)nc(-c2ccc(N)cc2)nc1N1CCOCC1. The van der Waals surface area contributed by atoms with Crippen molar-refractivity contribution in [2.24, 2.45) is 0 Å². The van der Waals surface area contributed by atoms with Gasteiger partial charge in [0.15, 0.2) is 5.82 Å².